The number of likely N-dealkylation sites (N-methyl/N-ethyl adjacent to an activating group) is 1. The monoisotopic (exact) mass is 351 g/mol. The summed E-state index contributed by atoms with van der Waals surface area (Å²) in [6, 6.07) is 15.2. The summed E-state index contributed by atoms with van der Waals surface area (Å²) in [5, 5.41) is 0.509. The van der Waals surface area contributed by atoms with Crippen LogP contribution in [0.2, 0.25) is 5.02 Å². The molecule has 0 spiro atoms. The highest BCUT2D eigenvalue weighted by molar-refractivity contribution is 9.10. The second-order valence-electron chi connectivity index (χ2n) is 4.70. The zero-order valence-corrected chi connectivity index (χ0v) is 13.5. The molecule has 2 aromatic carbocycles. The summed E-state index contributed by atoms with van der Waals surface area (Å²) >= 11 is 9.44. The molecule has 0 atom stereocenters. The molecule has 0 aliphatic rings. The van der Waals surface area contributed by atoms with E-state index in [4.69, 9.17) is 11.6 Å². The van der Waals surface area contributed by atoms with Gasteiger partial charge in [-0.3, -0.25) is 9.69 Å². The third-order valence-electron chi connectivity index (χ3n) is 2.95. The summed E-state index contributed by atoms with van der Waals surface area (Å²) in [7, 11) is 1.93. The van der Waals surface area contributed by atoms with Crippen molar-refractivity contribution in [3.8, 4) is 0 Å². The van der Waals surface area contributed by atoms with E-state index in [9.17, 15) is 4.79 Å². The van der Waals surface area contributed by atoms with Crippen molar-refractivity contribution in [2.24, 2.45) is 0 Å². The maximum absolute atomic E-state index is 12.2. The van der Waals surface area contributed by atoms with Crippen molar-refractivity contribution in [2.45, 2.75) is 6.54 Å². The zero-order valence-electron chi connectivity index (χ0n) is 11.1. The topological polar surface area (TPSA) is 20.3 Å². The fraction of sp³-hybridized carbons (Fsp3) is 0.188. The SMILES string of the molecule is CN(CC(=O)c1ccccc1Cl)Cc1ccc(Br)cc1. The molecule has 0 unspecified atom stereocenters. The molecule has 0 amide bonds. The number of Topliss-reactive ketones (excluding diaryl/α,β-unsaturated/α-hetero) is 1. The zero-order chi connectivity index (χ0) is 14.5. The van der Waals surface area contributed by atoms with Crippen LogP contribution in [0.1, 0.15) is 15.9 Å². The van der Waals surface area contributed by atoms with E-state index >= 15 is 0 Å². The predicted octanol–water partition coefficient (Wildman–Crippen LogP) is 4.42. The van der Waals surface area contributed by atoms with Gasteiger partial charge in [0, 0.05) is 16.6 Å². The van der Waals surface area contributed by atoms with Gasteiger partial charge in [-0.15, -0.1) is 0 Å². The molecule has 0 fully saturated rings. The van der Waals surface area contributed by atoms with Crippen LogP contribution in [0, 0.1) is 0 Å². The van der Waals surface area contributed by atoms with Crippen LogP contribution in [0.3, 0.4) is 0 Å². The molecule has 4 heteroatoms. The largest absolute Gasteiger partial charge is 0.295 e. The Hall–Kier alpha value is -1.16. The lowest BCUT2D eigenvalue weighted by atomic mass is 10.1. The minimum Gasteiger partial charge on any atom is -0.295 e. The van der Waals surface area contributed by atoms with Crippen molar-refractivity contribution < 1.29 is 4.79 Å². The van der Waals surface area contributed by atoms with E-state index < -0.39 is 0 Å². The number of halogens is 2. The number of hydrogen-bond donors (Lipinski definition) is 0. The van der Waals surface area contributed by atoms with Crippen LogP contribution in [0.5, 0.6) is 0 Å². The van der Waals surface area contributed by atoms with E-state index in [0.29, 0.717) is 17.1 Å². The molecule has 0 bridgehead atoms. The van der Waals surface area contributed by atoms with Gasteiger partial charge in [-0.1, -0.05) is 51.8 Å². The van der Waals surface area contributed by atoms with Crippen molar-refractivity contribution in [3.63, 3.8) is 0 Å². The van der Waals surface area contributed by atoms with Gasteiger partial charge in [0.25, 0.3) is 0 Å². The first kappa shape index (κ1) is 15.2. The number of ketones is 1. The highest BCUT2D eigenvalue weighted by atomic mass is 79.9. The molecule has 2 aromatic rings. The van der Waals surface area contributed by atoms with Crippen LogP contribution < -0.4 is 0 Å². The van der Waals surface area contributed by atoms with Gasteiger partial charge >= 0.3 is 0 Å². The smallest absolute Gasteiger partial charge is 0.178 e. The van der Waals surface area contributed by atoms with Gasteiger partial charge in [0.15, 0.2) is 5.78 Å². The van der Waals surface area contributed by atoms with Crippen LogP contribution in [0.4, 0.5) is 0 Å². The molecule has 0 heterocycles. The molecule has 104 valence electrons. The van der Waals surface area contributed by atoms with Crippen molar-refractivity contribution in [3.05, 3.63) is 69.2 Å². The van der Waals surface area contributed by atoms with Crippen molar-refractivity contribution in [2.75, 3.05) is 13.6 Å². The number of carbonyl (C=O) groups excluding carboxylic acids is 1. The Kier molecular flexibility index (Phi) is 5.35. The van der Waals surface area contributed by atoms with E-state index in [1.54, 1.807) is 12.1 Å². The molecule has 0 aliphatic heterocycles. The Morgan fingerprint density at radius 1 is 1.15 bits per heavy atom. The molecule has 0 radical (unpaired) electrons. The van der Waals surface area contributed by atoms with Crippen molar-refractivity contribution in [1.29, 1.82) is 0 Å². The number of carbonyl (C=O) groups is 1. The lowest BCUT2D eigenvalue weighted by Gasteiger charge is -2.16. The van der Waals surface area contributed by atoms with Crippen LogP contribution in [-0.2, 0) is 6.54 Å². The average Bonchev–Trinajstić information content (AvgIpc) is 2.41. The molecule has 0 N–H and O–H groups in total. The van der Waals surface area contributed by atoms with Gasteiger partial charge in [-0.05, 0) is 36.9 Å². The van der Waals surface area contributed by atoms with Crippen molar-refractivity contribution >= 4 is 33.3 Å². The Morgan fingerprint density at radius 2 is 1.80 bits per heavy atom. The predicted molar refractivity (Wildman–Crippen MR) is 86.3 cm³/mol. The number of hydrogen-bond acceptors (Lipinski definition) is 2. The summed E-state index contributed by atoms with van der Waals surface area (Å²) in [6.45, 7) is 1.07. The molecular formula is C16H15BrClNO. The van der Waals surface area contributed by atoms with E-state index in [1.807, 2.05) is 48.3 Å². The molecule has 0 aliphatic carbocycles. The van der Waals surface area contributed by atoms with E-state index in [1.165, 1.54) is 5.56 Å². The second-order valence-corrected chi connectivity index (χ2v) is 6.02. The summed E-state index contributed by atoms with van der Waals surface area (Å²) in [4.78, 5) is 14.2. The highest BCUT2D eigenvalue weighted by Crippen LogP contribution is 2.16. The van der Waals surface area contributed by atoms with Crippen LogP contribution >= 0.6 is 27.5 Å². The summed E-state index contributed by atoms with van der Waals surface area (Å²) in [5.41, 5.74) is 1.75. The number of benzene rings is 2. The summed E-state index contributed by atoms with van der Waals surface area (Å²) < 4.78 is 1.05. The number of nitrogens with zero attached hydrogens (tertiary/aromatic N) is 1. The first-order valence-corrected chi connectivity index (χ1v) is 7.44. The fourth-order valence-corrected chi connectivity index (χ4v) is 2.48. The minimum atomic E-state index is 0.0372. The van der Waals surface area contributed by atoms with Gasteiger partial charge in [-0.2, -0.15) is 0 Å². The van der Waals surface area contributed by atoms with Crippen LogP contribution in [0.15, 0.2) is 53.0 Å². The maximum Gasteiger partial charge on any atom is 0.178 e. The van der Waals surface area contributed by atoms with E-state index in [2.05, 4.69) is 15.9 Å². The third kappa shape index (κ3) is 4.17. The number of rotatable bonds is 5. The Bertz CT molecular complexity index is 598. The molecule has 0 saturated carbocycles. The van der Waals surface area contributed by atoms with Crippen molar-refractivity contribution in [1.82, 2.24) is 4.90 Å². The molecule has 20 heavy (non-hydrogen) atoms. The maximum atomic E-state index is 12.2. The van der Waals surface area contributed by atoms with Crippen LogP contribution in [0.25, 0.3) is 0 Å². The lowest BCUT2D eigenvalue weighted by molar-refractivity contribution is 0.0943. The van der Waals surface area contributed by atoms with Gasteiger partial charge in [0.05, 0.1) is 11.6 Å². The van der Waals surface area contributed by atoms with E-state index in [0.717, 1.165) is 11.0 Å². The highest BCUT2D eigenvalue weighted by Gasteiger charge is 2.12. The minimum absolute atomic E-state index is 0.0372. The molecular weight excluding hydrogens is 338 g/mol. The Morgan fingerprint density at radius 3 is 2.45 bits per heavy atom. The molecule has 0 aromatic heterocycles. The molecule has 0 saturated heterocycles. The Labute approximate surface area is 132 Å². The Balaban J connectivity index is 1.98. The lowest BCUT2D eigenvalue weighted by Crippen LogP contribution is -2.25. The van der Waals surface area contributed by atoms with Gasteiger partial charge in [-0.25, -0.2) is 0 Å². The summed E-state index contributed by atoms with van der Waals surface area (Å²) in [5.74, 6) is 0.0372. The first-order valence-electron chi connectivity index (χ1n) is 6.27. The second kappa shape index (κ2) is 7.02. The fourth-order valence-electron chi connectivity index (χ4n) is 1.98. The normalized spacial score (nSPS) is 10.8. The summed E-state index contributed by atoms with van der Waals surface area (Å²) in [6.07, 6.45) is 0. The molecule has 2 nitrogen and oxygen atoms in total. The van der Waals surface area contributed by atoms with Gasteiger partial charge < -0.3 is 0 Å². The van der Waals surface area contributed by atoms with E-state index in [-0.39, 0.29) is 5.78 Å². The quantitative estimate of drug-likeness (QED) is 0.743. The first-order chi connectivity index (χ1) is 9.56. The standard InChI is InChI=1S/C16H15BrClNO/c1-19(10-12-6-8-13(17)9-7-12)11-16(20)14-4-2-3-5-15(14)18/h2-9H,10-11H2,1H3. The molecule has 2 rings (SSSR count). The van der Waals surface area contributed by atoms with Gasteiger partial charge in [0.2, 0.25) is 0 Å². The third-order valence-corrected chi connectivity index (χ3v) is 3.81. The van der Waals surface area contributed by atoms with Crippen LogP contribution in [-0.4, -0.2) is 24.3 Å². The van der Waals surface area contributed by atoms with Gasteiger partial charge in [0.1, 0.15) is 0 Å². The average molecular weight is 353 g/mol.